The van der Waals surface area contributed by atoms with Crippen LogP contribution < -0.4 is 0 Å². The molecule has 0 aromatic heterocycles. The minimum Gasteiger partial charge on any atom is -0.478 e. The molecule has 0 unspecified atom stereocenters. The molecule has 1 rings (SSSR count). The van der Waals surface area contributed by atoms with Gasteiger partial charge in [0.2, 0.25) is 0 Å². The van der Waals surface area contributed by atoms with Crippen LogP contribution in [0.15, 0.2) is 18.2 Å². The van der Waals surface area contributed by atoms with Gasteiger partial charge in [-0.15, -0.1) is 0 Å². The van der Waals surface area contributed by atoms with Crippen LogP contribution >= 0.6 is 0 Å². The molecule has 0 heterocycles. The number of benzene rings is 1. The molecule has 0 saturated heterocycles. The van der Waals surface area contributed by atoms with Crippen molar-refractivity contribution < 1.29 is 29.3 Å². The van der Waals surface area contributed by atoms with Crippen LogP contribution in [0.5, 0.6) is 0 Å². The van der Waals surface area contributed by atoms with E-state index in [2.05, 4.69) is 6.92 Å². The van der Waals surface area contributed by atoms with Gasteiger partial charge in [0.25, 0.3) is 0 Å². The molecule has 6 heteroatoms. The van der Waals surface area contributed by atoms with E-state index in [1.807, 2.05) is 0 Å². The second-order valence-electron chi connectivity index (χ2n) is 6.34. The Kier molecular flexibility index (Phi) is 10.1. The summed E-state index contributed by atoms with van der Waals surface area (Å²) in [4.78, 5) is 34.2. The first kappa shape index (κ1) is 21.7. The number of esters is 1. The van der Waals surface area contributed by atoms with Crippen molar-refractivity contribution >= 4 is 17.9 Å². The largest absolute Gasteiger partial charge is 0.478 e. The highest BCUT2D eigenvalue weighted by atomic mass is 16.5. The molecule has 144 valence electrons. The van der Waals surface area contributed by atoms with Gasteiger partial charge in [-0.3, -0.25) is 0 Å². The summed E-state index contributed by atoms with van der Waals surface area (Å²) in [5, 5.41) is 18.1. The fraction of sp³-hybridized carbons (Fsp3) is 0.550. The lowest BCUT2D eigenvalue weighted by atomic mass is 10.0. The second kappa shape index (κ2) is 12.1. The molecule has 0 radical (unpaired) electrons. The zero-order valence-corrected chi connectivity index (χ0v) is 15.3. The molecule has 0 amide bonds. The first-order valence-corrected chi connectivity index (χ1v) is 9.25. The Morgan fingerprint density at radius 1 is 0.808 bits per heavy atom. The van der Waals surface area contributed by atoms with Crippen LogP contribution in [0.4, 0.5) is 0 Å². The van der Waals surface area contributed by atoms with Crippen molar-refractivity contribution in [1.82, 2.24) is 0 Å². The van der Waals surface area contributed by atoms with Crippen molar-refractivity contribution in [2.24, 2.45) is 0 Å². The third kappa shape index (κ3) is 7.68. The Morgan fingerprint density at radius 2 is 1.38 bits per heavy atom. The number of carboxylic acid groups (broad SMARTS) is 2. The normalized spacial score (nSPS) is 10.5. The number of aromatic carboxylic acids is 2. The Balaban J connectivity index is 2.35. The lowest BCUT2D eigenvalue weighted by Crippen LogP contribution is -2.13. The summed E-state index contributed by atoms with van der Waals surface area (Å²) in [6, 6.07) is 3.36. The maximum absolute atomic E-state index is 12.1. The van der Waals surface area contributed by atoms with E-state index in [-0.39, 0.29) is 23.3 Å². The number of carbonyl (C=O) groups excluding carboxylic acids is 1. The molecule has 0 aliphatic rings. The molecule has 0 aliphatic heterocycles. The molecule has 1 aromatic rings. The summed E-state index contributed by atoms with van der Waals surface area (Å²) in [7, 11) is 0. The van der Waals surface area contributed by atoms with Crippen LogP contribution in [0.2, 0.25) is 0 Å². The molecule has 26 heavy (non-hydrogen) atoms. The maximum Gasteiger partial charge on any atom is 0.339 e. The molecule has 0 atom stereocenters. The average Bonchev–Trinajstić information content (AvgIpc) is 2.62. The van der Waals surface area contributed by atoms with E-state index in [1.54, 1.807) is 0 Å². The summed E-state index contributed by atoms with van der Waals surface area (Å²) >= 11 is 0. The molecule has 0 fully saturated rings. The summed E-state index contributed by atoms with van der Waals surface area (Å²) in [6.45, 7) is 2.43. The van der Waals surface area contributed by atoms with Crippen LogP contribution in [0.1, 0.15) is 95.8 Å². The number of ether oxygens (including phenoxy) is 1. The van der Waals surface area contributed by atoms with Gasteiger partial charge in [0.15, 0.2) is 0 Å². The lowest BCUT2D eigenvalue weighted by Gasteiger charge is -2.08. The highest BCUT2D eigenvalue weighted by molar-refractivity contribution is 6.04. The first-order chi connectivity index (χ1) is 12.5. The number of hydrogen-bond donors (Lipinski definition) is 2. The van der Waals surface area contributed by atoms with Gasteiger partial charge in [0, 0.05) is 0 Å². The Bertz CT molecular complexity index is 608. The third-order valence-corrected chi connectivity index (χ3v) is 4.20. The van der Waals surface area contributed by atoms with Crippen molar-refractivity contribution in [2.45, 2.75) is 64.7 Å². The predicted molar refractivity (Wildman–Crippen MR) is 97.9 cm³/mol. The topological polar surface area (TPSA) is 101 Å². The molecular formula is C20H28O6. The van der Waals surface area contributed by atoms with Crippen molar-refractivity contribution in [3.05, 3.63) is 34.9 Å². The summed E-state index contributed by atoms with van der Waals surface area (Å²) in [6.07, 6.45) is 10.3. The molecule has 1 aromatic carbocycles. The van der Waals surface area contributed by atoms with Gasteiger partial charge in [-0.25, -0.2) is 14.4 Å². The van der Waals surface area contributed by atoms with E-state index in [9.17, 15) is 14.4 Å². The van der Waals surface area contributed by atoms with Gasteiger partial charge in [0.1, 0.15) is 0 Å². The van der Waals surface area contributed by atoms with E-state index >= 15 is 0 Å². The van der Waals surface area contributed by atoms with Crippen molar-refractivity contribution in [3.63, 3.8) is 0 Å². The molecular weight excluding hydrogens is 336 g/mol. The van der Waals surface area contributed by atoms with E-state index in [0.717, 1.165) is 25.3 Å². The number of rotatable bonds is 13. The van der Waals surface area contributed by atoms with Gasteiger partial charge in [-0.05, 0) is 24.6 Å². The van der Waals surface area contributed by atoms with E-state index in [4.69, 9.17) is 14.9 Å². The summed E-state index contributed by atoms with van der Waals surface area (Å²) < 4.78 is 5.13. The Labute approximate surface area is 154 Å². The quantitative estimate of drug-likeness (QED) is 0.386. The van der Waals surface area contributed by atoms with Crippen LogP contribution in [0.25, 0.3) is 0 Å². The summed E-state index contributed by atoms with van der Waals surface area (Å²) in [5.41, 5.74) is -0.668. The summed E-state index contributed by atoms with van der Waals surface area (Å²) in [5.74, 6) is -3.34. The second-order valence-corrected chi connectivity index (χ2v) is 6.34. The number of carboxylic acids is 2. The van der Waals surface area contributed by atoms with Crippen LogP contribution in [0.3, 0.4) is 0 Å². The van der Waals surface area contributed by atoms with Gasteiger partial charge in [-0.1, -0.05) is 58.3 Å². The molecule has 0 aliphatic carbocycles. The van der Waals surface area contributed by atoms with Gasteiger partial charge in [0.05, 0.1) is 23.3 Å². The average molecular weight is 364 g/mol. The van der Waals surface area contributed by atoms with E-state index < -0.39 is 17.9 Å². The predicted octanol–water partition coefficient (Wildman–Crippen LogP) is 4.77. The number of carbonyl (C=O) groups is 3. The van der Waals surface area contributed by atoms with Crippen molar-refractivity contribution in [1.29, 1.82) is 0 Å². The Morgan fingerprint density at radius 3 is 1.92 bits per heavy atom. The number of unbranched alkanes of at least 4 members (excludes halogenated alkanes) is 8. The highest BCUT2D eigenvalue weighted by Gasteiger charge is 2.19. The zero-order valence-electron chi connectivity index (χ0n) is 15.3. The zero-order chi connectivity index (χ0) is 19.4. The lowest BCUT2D eigenvalue weighted by molar-refractivity contribution is 0.0486. The van der Waals surface area contributed by atoms with Crippen LogP contribution in [-0.2, 0) is 4.74 Å². The molecule has 2 N–H and O–H groups in total. The maximum atomic E-state index is 12.1. The smallest absolute Gasteiger partial charge is 0.339 e. The fourth-order valence-corrected chi connectivity index (χ4v) is 2.69. The van der Waals surface area contributed by atoms with E-state index in [1.165, 1.54) is 50.7 Å². The first-order valence-electron chi connectivity index (χ1n) is 9.25. The van der Waals surface area contributed by atoms with E-state index in [0.29, 0.717) is 0 Å². The fourth-order valence-electron chi connectivity index (χ4n) is 2.69. The van der Waals surface area contributed by atoms with Crippen LogP contribution in [0, 0.1) is 0 Å². The van der Waals surface area contributed by atoms with Crippen molar-refractivity contribution in [2.75, 3.05) is 6.61 Å². The number of hydrogen-bond acceptors (Lipinski definition) is 4. The van der Waals surface area contributed by atoms with Gasteiger partial charge >= 0.3 is 17.9 Å². The highest BCUT2D eigenvalue weighted by Crippen LogP contribution is 2.15. The minimum absolute atomic E-state index is 0.126. The standard InChI is InChI=1S/C20H28O6/c1-2-3-4-5-6-7-8-9-10-13-26-20(25)16-12-11-15(18(21)22)14-17(16)19(23)24/h11-12,14H,2-10,13H2,1H3,(H,21,22)(H,23,24). The van der Waals surface area contributed by atoms with Crippen LogP contribution in [-0.4, -0.2) is 34.7 Å². The third-order valence-electron chi connectivity index (χ3n) is 4.20. The van der Waals surface area contributed by atoms with Gasteiger partial charge in [-0.2, -0.15) is 0 Å². The van der Waals surface area contributed by atoms with Crippen molar-refractivity contribution in [3.8, 4) is 0 Å². The molecule has 6 nitrogen and oxygen atoms in total. The Hall–Kier alpha value is -2.37. The molecule has 0 bridgehead atoms. The monoisotopic (exact) mass is 364 g/mol. The van der Waals surface area contributed by atoms with Gasteiger partial charge < -0.3 is 14.9 Å². The molecule has 0 saturated carbocycles. The SMILES string of the molecule is CCCCCCCCCCCOC(=O)c1ccc(C(=O)O)cc1C(=O)O. The molecule has 0 spiro atoms. The minimum atomic E-state index is -1.36.